The molecule has 8 heteroatoms. The van der Waals surface area contributed by atoms with Crippen molar-refractivity contribution in [1.29, 1.82) is 0 Å². The smallest absolute Gasteiger partial charge is 0.256 e. The predicted octanol–water partition coefficient (Wildman–Crippen LogP) is 5.02. The van der Waals surface area contributed by atoms with Crippen molar-refractivity contribution in [3.8, 4) is 28.6 Å². The highest BCUT2D eigenvalue weighted by molar-refractivity contribution is 7.91. The zero-order valence-electron chi connectivity index (χ0n) is 18.0. The molecule has 2 unspecified atom stereocenters. The topological polar surface area (TPSA) is 103 Å². The summed E-state index contributed by atoms with van der Waals surface area (Å²) >= 11 is -1.47. The average Bonchev–Trinajstić information content (AvgIpc) is 3.28. The van der Waals surface area contributed by atoms with Gasteiger partial charge in [-0.1, -0.05) is 12.1 Å². The maximum Gasteiger partial charge on any atom is 0.256 e. The highest BCUT2D eigenvalue weighted by atomic mass is 32.2. The fourth-order valence-corrected chi connectivity index (χ4v) is 4.72. The van der Waals surface area contributed by atoms with E-state index in [1.807, 2.05) is 42.5 Å². The summed E-state index contributed by atoms with van der Waals surface area (Å²) in [5, 5.41) is 11.2. The van der Waals surface area contributed by atoms with E-state index in [0.717, 1.165) is 21.9 Å². The van der Waals surface area contributed by atoms with Gasteiger partial charge in [-0.2, -0.15) is 0 Å². The zero-order valence-corrected chi connectivity index (χ0v) is 18.8. The lowest BCUT2D eigenvalue weighted by molar-refractivity contribution is 0.296. The van der Waals surface area contributed by atoms with Gasteiger partial charge in [-0.25, -0.2) is 9.97 Å². The van der Waals surface area contributed by atoms with E-state index >= 15 is 0 Å². The maximum absolute atomic E-state index is 13.2. The Hall–Kier alpha value is -3.75. The van der Waals surface area contributed by atoms with Crippen molar-refractivity contribution in [2.75, 3.05) is 7.11 Å². The summed E-state index contributed by atoms with van der Waals surface area (Å²) in [4.78, 5) is 12.8. The van der Waals surface area contributed by atoms with Crippen LogP contribution in [0.4, 0.5) is 0 Å². The number of hydrogen-bond donors (Lipinski definition) is 2. The highest BCUT2D eigenvalue weighted by Gasteiger charge is 2.25. The number of phenols is 1. The molecule has 2 atom stereocenters. The number of hydrogen-bond acceptors (Lipinski definition) is 6. The summed E-state index contributed by atoms with van der Waals surface area (Å²) in [7, 11) is 1.62. The third-order valence-corrected chi connectivity index (χ3v) is 6.79. The van der Waals surface area contributed by atoms with E-state index in [0.29, 0.717) is 27.9 Å². The summed E-state index contributed by atoms with van der Waals surface area (Å²) in [5.74, 6) is 1.98. The number of ether oxygens (including phenoxy) is 2. The maximum atomic E-state index is 13.2. The van der Waals surface area contributed by atoms with E-state index in [4.69, 9.17) is 9.47 Å². The molecule has 0 spiro atoms. The minimum atomic E-state index is -1.47. The second-order valence-electron chi connectivity index (χ2n) is 7.43. The molecule has 0 bridgehead atoms. The number of imidazole rings is 1. The van der Waals surface area contributed by atoms with E-state index in [-0.39, 0.29) is 5.75 Å². The molecule has 2 aromatic heterocycles. The Bertz CT molecular complexity index is 1400. The van der Waals surface area contributed by atoms with Gasteiger partial charge >= 0.3 is 0 Å². The average molecular weight is 460 g/mol. The Labute approximate surface area is 193 Å². The molecule has 33 heavy (non-hydrogen) atoms. The van der Waals surface area contributed by atoms with Crippen LogP contribution in [0.15, 0.2) is 77.8 Å². The number of nitrogens with one attached hydrogen (secondary N) is 1. The van der Waals surface area contributed by atoms with Gasteiger partial charge in [-0.05, 0) is 54.6 Å². The van der Waals surface area contributed by atoms with Crippen LogP contribution in [0.3, 0.4) is 0 Å². The first-order chi connectivity index (χ1) is 16.0. The van der Waals surface area contributed by atoms with E-state index in [1.165, 1.54) is 12.1 Å². The number of rotatable bonds is 6. The molecule has 0 amide bonds. The number of pyridine rings is 1. The van der Waals surface area contributed by atoms with Crippen LogP contribution in [0.25, 0.3) is 33.3 Å². The lowest BCUT2D eigenvalue weighted by Gasteiger charge is -2.21. The van der Waals surface area contributed by atoms with E-state index in [9.17, 15) is 9.66 Å². The molecule has 0 aliphatic rings. The number of methoxy groups -OCH3 is 1. The lowest BCUT2D eigenvalue weighted by Crippen LogP contribution is -2.24. The number of phenolic OH excluding ortho intramolecular Hbond substituents is 1. The Balaban J connectivity index is 1.62. The van der Waals surface area contributed by atoms with Crippen LogP contribution in [0.1, 0.15) is 6.92 Å². The Morgan fingerprint density at radius 3 is 2.58 bits per heavy atom. The number of nitrogens with zero attached hydrogens (tertiary/aromatic N) is 2. The summed E-state index contributed by atoms with van der Waals surface area (Å²) in [6, 6.07) is 19.6. The third-order valence-electron chi connectivity index (χ3n) is 5.36. The normalized spacial score (nSPS) is 13.2. The number of fused-ring (bicyclic) bond motifs is 2. The highest BCUT2D eigenvalue weighted by Crippen LogP contribution is 2.40. The van der Waals surface area contributed by atoms with Gasteiger partial charge in [-0.15, -0.1) is 0 Å². The molecule has 0 aliphatic heterocycles. The Kier molecular flexibility index (Phi) is 5.53. The number of H-pyrrole nitrogens is 1. The van der Waals surface area contributed by atoms with Gasteiger partial charge in [0, 0.05) is 35.1 Å². The minimum absolute atomic E-state index is 0.117. The minimum Gasteiger partial charge on any atom is -0.609 e. The van der Waals surface area contributed by atoms with Crippen molar-refractivity contribution in [2.45, 2.75) is 17.3 Å². The molecule has 5 aromatic rings. The molecular weight excluding hydrogens is 438 g/mol. The van der Waals surface area contributed by atoms with Crippen LogP contribution in [0.2, 0.25) is 0 Å². The van der Waals surface area contributed by atoms with Crippen molar-refractivity contribution in [3.05, 3.63) is 72.9 Å². The molecule has 0 aliphatic carbocycles. The van der Waals surface area contributed by atoms with E-state index in [1.54, 1.807) is 32.4 Å². The SMILES string of the molecule is COc1cccc2c(OC(C)[S+]([O-])c3ccc(O)cc3)c(-c3nc4ncccc4[nH]3)ccc12. The molecule has 0 radical (unpaired) electrons. The molecule has 0 fully saturated rings. The van der Waals surface area contributed by atoms with Crippen LogP contribution in [0.5, 0.6) is 17.2 Å². The molecule has 2 heterocycles. The van der Waals surface area contributed by atoms with Gasteiger partial charge in [0.05, 0.1) is 18.2 Å². The van der Waals surface area contributed by atoms with Gasteiger partial charge in [-0.3, -0.25) is 0 Å². The monoisotopic (exact) mass is 459 g/mol. The number of aromatic hydroxyl groups is 1. The molecule has 0 saturated heterocycles. The van der Waals surface area contributed by atoms with Gasteiger partial charge < -0.3 is 24.1 Å². The first kappa shape index (κ1) is 21.1. The fourth-order valence-electron chi connectivity index (χ4n) is 3.75. The van der Waals surface area contributed by atoms with Gasteiger partial charge in [0.15, 0.2) is 10.5 Å². The Morgan fingerprint density at radius 1 is 1.00 bits per heavy atom. The van der Waals surface area contributed by atoms with E-state index < -0.39 is 16.6 Å². The quantitative estimate of drug-likeness (QED) is 0.346. The van der Waals surface area contributed by atoms with Crippen molar-refractivity contribution in [3.63, 3.8) is 0 Å². The number of benzene rings is 3. The second-order valence-corrected chi connectivity index (χ2v) is 9.16. The van der Waals surface area contributed by atoms with Crippen molar-refractivity contribution >= 4 is 33.1 Å². The standard InChI is InChI=1S/C25H21N3O4S/c1-15(33(30)17-10-8-16(29)9-11-17)32-23-19-5-3-7-22(31-2)18(19)12-13-20(23)24-27-21-6-4-14-26-25(21)28-24/h3-15,29H,1-2H3,(H,26,27,28). The number of aromatic amines is 1. The lowest BCUT2D eigenvalue weighted by atomic mass is 10.0. The van der Waals surface area contributed by atoms with Crippen LogP contribution in [-0.4, -0.2) is 37.2 Å². The van der Waals surface area contributed by atoms with Crippen LogP contribution < -0.4 is 9.47 Å². The Morgan fingerprint density at radius 2 is 1.82 bits per heavy atom. The molecule has 166 valence electrons. The van der Waals surface area contributed by atoms with Gasteiger partial charge in [0.25, 0.3) is 5.44 Å². The summed E-state index contributed by atoms with van der Waals surface area (Å²) in [5.41, 5.74) is 1.46. The second kappa shape index (κ2) is 8.65. The summed E-state index contributed by atoms with van der Waals surface area (Å²) in [6.45, 7) is 1.76. The van der Waals surface area contributed by atoms with Gasteiger partial charge in [0.1, 0.15) is 23.1 Å². The largest absolute Gasteiger partial charge is 0.609 e. The number of aromatic nitrogens is 3. The zero-order chi connectivity index (χ0) is 22.9. The molecule has 2 N–H and O–H groups in total. The molecule has 0 saturated carbocycles. The molecular formula is C25H21N3O4S. The van der Waals surface area contributed by atoms with Crippen LogP contribution in [-0.2, 0) is 11.2 Å². The summed E-state index contributed by atoms with van der Waals surface area (Å²) < 4.78 is 25.0. The first-order valence-electron chi connectivity index (χ1n) is 10.3. The summed E-state index contributed by atoms with van der Waals surface area (Å²) in [6.07, 6.45) is 1.69. The first-order valence-corrected chi connectivity index (χ1v) is 11.5. The van der Waals surface area contributed by atoms with E-state index in [2.05, 4.69) is 15.0 Å². The third kappa shape index (κ3) is 3.94. The van der Waals surface area contributed by atoms with Crippen molar-refractivity contribution in [1.82, 2.24) is 15.0 Å². The molecule has 5 rings (SSSR count). The predicted molar refractivity (Wildman–Crippen MR) is 128 cm³/mol. The molecule has 3 aromatic carbocycles. The van der Waals surface area contributed by atoms with Crippen LogP contribution in [0, 0.1) is 0 Å². The van der Waals surface area contributed by atoms with Crippen molar-refractivity contribution in [2.24, 2.45) is 0 Å². The fraction of sp³-hybridized carbons (Fsp3) is 0.120. The molecule has 7 nitrogen and oxygen atoms in total. The van der Waals surface area contributed by atoms with Crippen molar-refractivity contribution < 1.29 is 19.1 Å². The van der Waals surface area contributed by atoms with Crippen LogP contribution >= 0.6 is 0 Å². The van der Waals surface area contributed by atoms with Gasteiger partial charge in [0.2, 0.25) is 0 Å².